The number of carbonyl (C=O) groups is 1. The highest BCUT2D eigenvalue weighted by Crippen LogP contribution is 2.19. The van der Waals surface area contributed by atoms with E-state index in [0.717, 1.165) is 0 Å². The number of piperazine rings is 1. The van der Waals surface area contributed by atoms with Crippen LogP contribution < -0.4 is 0 Å². The van der Waals surface area contributed by atoms with Gasteiger partial charge in [-0.25, -0.2) is 8.42 Å². The summed E-state index contributed by atoms with van der Waals surface area (Å²) in [6, 6.07) is 8.36. The second kappa shape index (κ2) is 9.22. The van der Waals surface area contributed by atoms with E-state index in [9.17, 15) is 18.5 Å². The molecule has 1 aromatic rings. The lowest BCUT2D eigenvalue weighted by molar-refractivity contribution is 0.0576. The molecule has 0 spiro atoms. The highest BCUT2D eigenvalue weighted by Gasteiger charge is 2.29. The van der Waals surface area contributed by atoms with Gasteiger partial charge in [-0.1, -0.05) is 13.8 Å². The summed E-state index contributed by atoms with van der Waals surface area (Å²) in [5.41, 5.74) is 0.472. The van der Waals surface area contributed by atoms with E-state index in [1.54, 1.807) is 17.0 Å². The Balaban J connectivity index is 1.63. The number of ether oxygens (including phenoxy) is 1. The molecule has 2 aliphatic heterocycles. The molecule has 29 heavy (non-hydrogen) atoms. The molecule has 2 saturated heterocycles. The second-order valence-corrected chi connectivity index (χ2v) is 9.62. The lowest BCUT2D eigenvalue weighted by Crippen LogP contribution is -2.52. The third-order valence-electron chi connectivity index (χ3n) is 5.47. The van der Waals surface area contributed by atoms with Gasteiger partial charge in [0.15, 0.2) is 0 Å². The van der Waals surface area contributed by atoms with Gasteiger partial charge in [0.2, 0.25) is 10.0 Å². The minimum absolute atomic E-state index is 0.113. The molecule has 1 amide bonds. The highest BCUT2D eigenvalue weighted by atomic mass is 32.2. The number of carbonyl (C=O) groups excluding carboxylic acids is 1. The molecule has 2 heterocycles. The number of hydrogen-bond acceptors (Lipinski definition) is 6. The Hall–Kier alpha value is -1.99. The van der Waals surface area contributed by atoms with Gasteiger partial charge in [0.05, 0.1) is 24.2 Å². The van der Waals surface area contributed by atoms with Crippen LogP contribution in [0.4, 0.5) is 0 Å². The van der Waals surface area contributed by atoms with Crippen molar-refractivity contribution in [2.45, 2.75) is 24.8 Å². The SMILES string of the molecule is CC(C)C(C#N)N1CCN(C(=O)c2ccc(S(=O)(=O)N3CCOCC3)cc2)CC1. The topological polar surface area (TPSA) is 93.9 Å². The van der Waals surface area contributed by atoms with Gasteiger partial charge < -0.3 is 9.64 Å². The minimum Gasteiger partial charge on any atom is -0.379 e. The Labute approximate surface area is 172 Å². The summed E-state index contributed by atoms with van der Waals surface area (Å²) in [6.45, 7) is 7.94. The largest absolute Gasteiger partial charge is 0.379 e. The first-order valence-electron chi connectivity index (χ1n) is 9.95. The Morgan fingerprint density at radius 2 is 1.62 bits per heavy atom. The predicted molar refractivity (Wildman–Crippen MR) is 108 cm³/mol. The third-order valence-corrected chi connectivity index (χ3v) is 7.38. The molecule has 8 nitrogen and oxygen atoms in total. The standard InChI is InChI=1S/C20H28N4O4S/c1-16(2)19(15-21)22-7-9-23(10-8-22)20(25)17-3-5-18(6-4-17)29(26,27)24-11-13-28-14-12-24/h3-6,16,19H,7-14H2,1-2H3. The number of sulfonamides is 1. The lowest BCUT2D eigenvalue weighted by Gasteiger charge is -2.38. The summed E-state index contributed by atoms with van der Waals surface area (Å²) < 4.78 is 32.0. The van der Waals surface area contributed by atoms with Crippen LogP contribution in [0.1, 0.15) is 24.2 Å². The van der Waals surface area contributed by atoms with Gasteiger partial charge in [-0.3, -0.25) is 9.69 Å². The molecule has 1 aromatic carbocycles. The maximum Gasteiger partial charge on any atom is 0.253 e. The van der Waals surface area contributed by atoms with E-state index >= 15 is 0 Å². The predicted octanol–water partition coefficient (Wildman–Crippen LogP) is 1.01. The van der Waals surface area contributed by atoms with E-state index in [0.29, 0.717) is 58.0 Å². The van der Waals surface area contributed by atoms with E-state index in [1.165, 1.54) is 16.4 Å². The van der Waals surface area contributed by atoms with Crippen molar-refractivity contribution in [3.8, 4) is 6.07 Å². The van der Waals surface area contributed by atoms with Crippen molar-refractivity contribution in [2.75, 3.05) is 52.5 Å². The summed E-state index contributed by atoms with van der Waals surface area (Å²) in [4.78, 5) is 16.9. The van der Waals surface area contributed by atoms with E-state index < -0.39 is 10.0 Å². The molecule has 0 saturated carbocycles. The number of hydrogen-bond donors (Lipinski definition) is 0. The molecule has 1 atom stereocenters. The van der Waals surface area contributed by atoms with Gasteiger partial charge in [0.1, 0.15) is 6.04 Å². The van der Waals surface area contributed by atoms with Crippen molar-refractivity contribution in [1.82, 2.24) is 14.1 Å². The van der Waals surface area contributed by atoms with E-state index in [1.807, 2.05) is 13.8 Å². The van der Waals surface area contributed by atoms with Gasteiger partial charge in [-0.2, -0.15) is 9.57 Å². The summed E-state index contributed by atoms with van der Waals surface area (Å²) in [7, 11) is -3.57. The van der Waals surface area contributed by atoms with E-state index in [-0.39, 0.29) is 22.8 Å². The van der Waals surface area contributed by atoms with Crippen molar-refractivity contribution in [3.05, 3.63) is 29.8 Å². The number of nitriles is 1. The van der Waals surface area contributed by atoms with Gasteiger partial charge in [-0.15, -0.1) is 0 Å². The number of nitrogens with zero attached hydrogens (tertiary/aromatic N) is 4. The Morgan fingerprint density at radius 1 is 1.03 bits per heavy atom. The Bertz CT molecular complexity index is 849. The zero-order valence-electron chi connectivity index (χ0n) is 17.0. The summed E-state index contributed by atoms with van der Waals surface area (Å²) in [5.74, 6) is 0.126. The fraction of sp³-hybridized carbons (Fsp3) is 0.600. The molecular weight excluding hydrogens is 392 g/mol. The first kappa shape index (κ1) is 21.7. The van der Waals surface area contributed by atoms with Crippen LogP contribution >= 0.6 is 0 Å². The molecule has 0 aliphatic carbocycles. The van der Waals surface area contributed by atoms with Crippen molar-refractivity contribution in [2.24, 2.45) is 5.92 Å². The van der Waals surface area contributed by atoms with Crippen LogP contribution in [0.3, 0.4) is 0 Å². The summed E-state index contributed by atoms with van der Waals surface area (Å²) >= 11 is 0. The van der Waals surface area contributed by atoms with Crippen molar-refractivity contribution in [3.63, 3.8) is 0 Å². The Kier molecular flexibility index (Phi) is 6.90. The zero-order valence-corrected chi connectivity index (χ0v) is 17.8. The first-order chi connectivity index (χ1) is 13.8. The molecule has 0 radical (unpaired) electrons. The average molecular weight is 421 g/mol. The first-order valence-corrected chi connectivity index (χ1v) is 11.4. The molecule has 2 aliphatic rings. The maximum absolute atomic E-state index is 12.8. The normalized spacial score (nSPS) is 20.4. The molecule has 158 valence electrons. The van der Waals surface area contributed by atoms with Gasteiger partial charge >= 0.3 is 0 Å². The summed E-state index contributed by atoms with van der Waals surface area (Å²) in [5, 5.41) is 9.36. The smallest absolute Gasteiger partial charge is 0.253 e. The van der Waals surface area contributed by atoms with Crippen LogP contribution in [0, 0.1) is 17.2 Å². The lowest BCUT2D eigenvalue weighted by atomic mass is 10.0. The zero-order chi connectivity index (χ0) is 21.0. The number of amides is 1. The average Bonchev–Trinajstić information content (AvgIpc) is 2.75. The molecule has 3 rings (SSSR count). The fourth-order valence-electron chi connectivity index (χ4n) is 3.74. The van der Waals surface area contributed by atoms with Crippen LogP contribution in [0.15, 0.2) is 29.2 Å². The molecule has 1 unspecified atom stereocenters. The van der Waals surface area contributed by atoms with Crippen molar-refractivity contribution < 1.29 is 17.9 Å². The van der Waals surface area contributed by atoms with Crippen LogP contribution in [0.5, 0.6) is 0 Å². The van der Waals surface area contributed by atoms with E-state index in [4.69, 9.17) is 4.74 Å². The molecular formula is C20H28N4O4S. The quantitative estimate of drug-likeness (QED) is 0.706. The van der Waals surface area contributed by atoms with Gasteiger partial charge in [0, 0.05) is 44.8 Å². The molecule has 0 N–H and O–H groups in total. The number of benzene rings is 1. The van der Waals surface area contributed by atoms with Crippen LogP contribution in [0.2, 0.25) is 0 Å². The van der Waals surface area contributed by atoms with Gasteiger partial charge in [-0.05, 0) is 30.2 Å². The molecule has 0 bridgehead atoms. The maximum atomic E-state index is 12.8. The van der Waals surface area contributed by atoms with Crippen molar-refractivity contribution >= 4 is 15.9 Å². The Morgan fingerprint density at radius 3 is 2.14 bits per heavy atom. The van der Waals surface area contributed by atoms with E-state index in [2.05, 4.69) is 11.0 Å². The molecule has 9 heteroatoms. The molecule has 0 aromatic heterocycles. The third kappa shape index (κ3) is 4.78. The van der Waals surface area contributed by atoms with Crippen LogP contribution in [-0.2, 0) is 14.8 Å². The monoisotopic (exact) mass is 420 g/mol. The molecule has 2 fully saturated rings. The number of morpholine rings is 1. The summed E-state index contributed by atoms with van der Waals surface area (Å²) in [6.07, 6.45) is 0. The minimum atomic E-state index is -3.57. The van der Waals surface area contributed by atoms with Crippen LogP contribution in [0.25, 0.3) is 0 Å². The van der Waals surface area contributed by atoms with Gasteiger partial charge in [0.25, 0.3) is 5.91 Å². The highest BCUT2D eigenvalue weighted by molar-refractivity contribution is 7.89. The van der Waals surface area contributed by atoms with Crippen molar-refractivity contribution in [1.29, 1.82) is 5.26 Å². The number of rotatable bonds is 5. The fourth-order valence-corrected chi connectivity index (χ4v) is 5.15. The second-order valence-electron chi connectivity index (χ2n) is 7.69. The van der Waals surface area contributed by atoms with Crippen LogP contribution in [-0.4, -0.2) is 87.0 Å².